The third kappa shape index (κ3) is 8.22. The molecule has 2 heterocycles. The van der Waals surface area contributed by atoms with Crippen LogP contribution in [0.15, 0.2) is 53.8 Å². The normalized spacial score (nSPS) is 15.7. The van der Waals surface area contributed by atoms with E-state index in [1.807, 2.05) is 24.3 Å². The minimum absolute atomic E-state index is 0.0108. The Morgan fingerprint density at radius 3 is 2.80 bits per heavy atom. The first-order valence-electron chi connectivity index (χ1n) is 11.9. The zero-order valence-electron chi connectivity index (χ0n) is 21.0. The Labute approximate surface area is 208 Å². The summed E-state index contributed by atoms with van der Waals surface area (Å²) in [6.07, 6.45) is 5.17. The Balaban J connectivity index is 1.60. The van der Waals surface area contributed by atoms with E-state index in [9.17, 15) is 4.79 Å². The summed E-state index contributed by atoms with van der Waals surface area (Å²) in [5.41, 5.74) is 8.09. The first-order valence-corrected chi connectivity index (χ1v) is 15.6. The zero-order valence-corrected chi connectivity index (χ0v) is 22.0. The number of carbonyl (C=O) groups excluding carboxylic acids is 1. The lowest BCUT2D eigenvalue weighted by Gasteiger charge is -2.14. The zero-order chi connectivity index (χ0) is 25.3. The molecule has 8 nitrogen and oxygen atoms in total. The molecule has 0 aliphatic carbocycles. The second-order valence-electron chi connectivity index (χ2n) is 9.45. The molecule has 0 saturated carbocycles. The monoisotopic (exact) mass is 497 g/mol. The van der Waals surface area contributed by atoms with Gasteiger partial charge < -0.3 is 24.7 Å². The highest BCUT2D eigenvalue weighted by atomic mass is 28.3. The summed E-state index contributed by atoms with van der Waals surface area (Å²) in [7, 11) is -1.13. The van der Waals surface area contributed by atoms with Gasteiger partial charge in [-0.1, -0.05) is 25.7 Å². The van der Waals surface area contributed by atoms with Gasteiger partial charge in [0.25, 0.3) is 0 Å². The van der Waals surface area contributed by atoms with Crippen molar-refractivity contribution in [2.45, 2.75) is 44.9 Å². The molecule has 35 heavy (non-hydrogen) atoms. The number of fused-ring (bicyclic) bond motifs is 1. The van der Waals surface area contributed by atoms with Crippen LogP contribution in [0.2, 0.25) is 25.7 Å². The summed E-state index contributed by atoms with van der Waals surface area (Å²) in [6, 6.07) is 10.3. The molecule has 9 heteroatoms. The fourth-order valence-electron chi connectivity index (χ4n) is 3.51. The van der Waals surface area contributed by atoms with E-state index in [1.165, 1.54) is 6.20 Å². The van der Waals surface area contributed by atoms with Gasteiger partial charge in [0.1, 0.15) is 18.2 Å². The van der Waals surface area contributed by atoms with Gasteiger partial charge in [0, 0.05) is 50.1 Å². The third-order valence-electron chi connectivity index (χ3n) is 5.41. The summed E-state index contributed by atoms with van der Waals surface area (Å²) >= 11 is 0. The fraction of sp³-hybridized carbons (Fsp3) is 0.423. The van der Waals surface area contributed by atoms with Crippen LogP contribution >= 0.6 is 0 Å². The molecule has 1 aliphatic rings. The molecule has 0 spiro atoms. The van der Waals surface area contributed by atoms with E-state index in [0.717, 1.165) is 17.2 Å². The molecular weight excluding hydrogens is 462 g/mol. The number of ether oxygens (including phenoxy) is 4. The van der Waals surface area contributed by atoms with Crippen LogP contribution in [0, 0.1) is 0 Å². The van der Waals surface area contributed by atoms with Gasteiger partial charge in [-0.15, -0.1) is 0 Å². The molecule has 0 fully saturated rings. The van der Waals surface area contributed by atoms with Gasteiger partial charge in [-0.25, -0.2) is 4.98 Å². The van der Waals surface area contributed by atoms with Crippen molar-refractivity contribution in [3.63, 3.8) is 0 Å². The van der Waals surface area contributed by atoms with Gasteiger partial charge in [-0.05, 0) is 37.4 Å². The third-order valence-corrected chi connectivity index (χ3v) is 7.12. The van der Waals surface area contributed by atoms with Crippen molar-refractivity contribution in [3.8, 4) is 17.4 Å². The summed E-state index contributed by atoms with van der Waals surface area (Å²) < 4.78 is 22.4. The molecule has 1 atom stereocenters. The van der Waals surface area contributed by atoms with Crippen LogP contribution in [0.3, 0.4) is 0 Å². The summed E-state index contributed by atoms with van der Waals surface area (Å²) in [5.74, 6) is 1.53. The van der Waals surface area contributed by atoms with Crippen molar-refractivity contribution in [2.24, 2.45) is 10.7 Å². The van der Waals surface area contributed by atoms with Crippen LogP contribution in [0.5, 0.6) is 17.4 Å². The summed E-state index contributed by atoms with van der Waals surface area (Å²) in [6.45, 7) is 10.5. The lowest BCUT2D eigenvalue weighted by Crippen LogP contribution is -2.21. The quantitative estimate of drug-likeness (QED) is 0.193. The van der Waals surface area contributed by atoms with E-state index in [2.05, 4.69) is 29.6 Å². The standard InChI is InChI=1S/C26H35N3O5Si/c1-5-32-26(30)14-20-17-33-24-15-21(7-8-22(20)24)34-25-9-6-19(16-28-25)23(10-11-27)29-18-31-12-13-35(2,3)4/h6-11,15-16,20H,5,12-14,17-18,27H2,1-4H3/b11-10-,29-23-. The van der Waals surface area contributed by atoms with Gasteiger partial charge in [0.05, 0.1) is 25.3 Å². The molecule has 2 aromatic rings. The van der Waals surface area contributed by atoms with E-state index < -0.39 is 8.07 Å². The molecule has 0 amide bonds. The second-order valence-corrected chi connectivity index (χ2v) is 15.1. The Kier molecular flexibility index (Phi) is 9.45. The van der Waals surface area contributed by atoms with Crippen molar-refractivity contribution in [1.29, 1.82) is 0 Å². The molecule has 1 aromatic carbocycles. The number of aliphatic imine (C=N–C) groups is 1. The van der Waals surface area contributed by atoms with Crippen molar-refractivity contribution in [3.05, 3.63) is 59.9 Å². The van der Waals surface area contributed by atoms with Crippen LogP contribution in [-0.4, -0.2) is 51.3 Å². The van der Waals surface area contributed by atoms with Crippen LogP contribution < -0.4 is 15.2 Å². The summed E-state index contributed by atoms with van der Waals surface area (Å²) in [5, 5.41) is 0. The van der Waals surface area contributed by atoms with Crippen LogP contribution in [0.4, 0.5) is 0 Å². The highest BCUT2D eigenvalue weighted by Gasteiger charge is 2.27. The Hall–Kier alpha value is -3.17. The lowest BCUT2D eigenvalue weighted by molar-refractivity contribution is -0.143. The molecule has 0 bridgehead atoms. The number of allylic oxidation sites excluding steroid dienone is 1. The predicted octanol–water partition coefficient (Wildman–Crippen LogP) is 4.88. The number of nitrogens with zero attached hydrogens (tertiary/aromatic N) is 2. The van der Waals surface area contributed by atoms with Crippen molar-refractivity contribution >= 4 is 19.8 Å². The number of aromatic nitrogens is 1. The van der Waals surface area contributed by atoms with Crippen molar-refractivity contribution < 1.29 is 23.7 Å². The molecule has 3 rings (SSSR count). The smallest absolute Gasteiger partial charge is 0.306 e. The number of hydrogen-bond acceptors (Lipinski definition) is 8. The number of esters is 1. The Bertz CT molecular complexity index is 1050. The number of benzene rings is 1. The molecule has 188 valence electrons. The van der Waals surface area contributed by atoms with Crippen LogP contribution in [-0.2, 0) is 14.3 Å². The molecule has 2 N–H and O–H groups in total. The second kappa shape index (κ2) is 12.5. The van der Waals surface area contributed by atoms with Crippen molar-refractivity contribution in [1.82, 2.24) is 4.98 Å². The largest absolute Gasteiger partial charge is 0.492 e. The van der Waals surface area contributed by atoms with Gasteiger partial charge in [0.15, 0.2) is 0 Å². The van der Waals surface area contributed by atoms with Gasteiger partial charge in [-0.3, -0.25) is 9.79 Å². The number of rotatable bonds is 12. The van der Waals surface area contributed by atoms with Crippen LogP contribution in [0.25, 0.3) is 0 Å². The molecule has 1 unspecified atom stereocenters. The molecule has 0 saturated heterocycles. The molecule has 0 radical (unpaired) electrons. The average Bonchev–Trinajstić information content (AvgIpc) is 3.20. The molecule has 1 aromatic heterocycles. The summed E-state index contributed by atoms with van der Waals surface area (Å²) in [4.78, 5) is 20.7. The van der Waals surface area contributed by atoms with Gasteiger partial charge >= 0.3 is 5.97 Å². The minimum Gasteiger partial charge on any atom is -0.492 e. The predicted molar refractivity (Wildman–Crippen MR) is 139 cm³/mol. The van der Waals surface area contributed by atoms with Gasteiger partial charge in [0.2, 0.25) is 5.88 Å². The fourth-order valence-corrected chi connectivity index (χ4v) is 4.27. The maximum atomic E-state index is 11.8. The van der Waals surface area contributed by atoms with Gasteiger partial charge in [-0.2, -0.15) is 0 Å². The number of nitrogens with two attached hydrogens (primary N) is 1. The first-order chi connectivity index (χ1) is 16.8. The number of carbonyl (C=O) groups is 1. The maximum absolute atomic E-state index is 11.8. The highest BCUT2D eigenvalue weighted by Crippen LogP contribution is 2.39. The minimum atomic E-state index is -1.13. The SMILES string of the molecule is CCOC(=O)CC1COc2cc(Oc3ccc(C(/C=C\N)=N\COCC[Si](C)(C)C)cn3)ccc21. The van der Waals surface area contributed by atoms with Crippen LogP contribution in [0.1, 0.15) is 30.4 Å². The average molecular weight is 498 g/mol. The molecular formula is C26H35N3O5Si. The first kappa shape index (κ1) is 26.4. The van der Waals surface area contributed by atoms with E-state index >= 15 is 0 Å². The lowest BCUT2D eigenvalue weighted by atomic mass is 9.98. The maximum Gasteiger partial charge on any atom is 0.306 e. The topological polar surface area (TPSA) is 105 Å². The molecule has 1 aliphatic heterocycles. The van der Waals surface area contributed by atoms with E-state index in [-0.39, 0.29) is 18.6 Å². The van der Waals surface area contributed by atoms with E-state index in [1.54, 1.807) is 25.3 Å². The van der Waals surface area contributed by atoms with Crippen molar-refractivity contribution in [2.75, 3.05) is 26.6 Å². The highest BCUT2D eigenvalue weighted by molar-refractivity contribution is 6.76. The Morgan fingerprint density at radius 1 is 1.29 bits per heavy atom. The van der Waals surface area contributed by atoms with E-state index in [4.69, 9.17) is 24.7 Å². The number of pyridine rings is 1. The Morgan fingerprint density at radius 2 is 2.11 bits per heavy atom. The number of hydrogen-bond donors (Lipinski definition) is 1. The van der Waals surface area contributed by atoms with E-state index in [0.29, 0.717) is 49.3 Å².